The molecule has 0 aromatic heterocycles. The fourth-order valence-corrected chi connectivity index (χ4v) is 3.67. The number of hydrogen-bond acceptors (Lipinski definition) is 3. The van der Waals surface area contributed by atoms with Gasteiger partial charge in [0.1, 0.15) is 11.4 Å². The Kier molecular flexibility index (Phi) is 4.67. The molecule has 2 aliphatic heterocycles. The molecule has 1 aromatic rings. The molecular weight excluding hydrogens is 321 g/mol. The second kappa shape index (κ2) is 6.62. The van der Waals surface area contributed by atoms with Crippen molar-refractivity contribution in [3.8, 4) is 0 Å². The maximum absolute atomic E-state index is 13.9. The van der Waals surface area contributed by atoms with Crippen molar-refractivity contribution in [2.24, 2.45) is 0 Å². The maximum Gasteiger partial charge on any atom is 0.411 e. The third-order valence-electron chi connectivity index (χ3n) is 4.74. The highest BCUT2D eigenvalue weighted by Gasteiger charge is 2.39. The van der Waals surface area contributed by atoms with Gasteiger partial charge in [0, 0.05) is 6.04 Å². The molecule has 1 fully saturated rings. The quantitative estimate of drug-likeness (QED) is 0.737. The smallest absolute Gasteiger partial charge is 0.411 e. The van der Waals surface area contributed by atoms with Gasteiger partial charge in [0.25, 0.3) is 0 Å². The number of carbonyl (C=O) groups excluding carboxylic acids is 2. The van der Waals surface area contributed by atoms with E-state index >= 15 is 0 Å². The number of halogens is 1. The normalized spacial score (nSPS) is 23.0. The van der Waals surface area contributed by atoms with E-state index in [1.165, 1.54) is 12.1 Å². The fourth-order valence-electron chi connectivity index (χ4n) is 3.67. The lowest BCUT2D eigenvalue weighted by molar-refractivity contribution is 0.0000743. The van der Waals surface area contributed by atoms with Crippen LogP contribution in [0.5, 0.6) is 0 Å². The Morgan fingerprint density at radius 2 is 2.08 bits per heavy atom. The molecule has 1 saturated heterocycles. The number of nitrogens with zero attached hydrogens (tertiary/aromatic N) is 1. The maximum atomic E-state index is 13.9. The molecule has 2 bridgehead atoms. The third-order valence-corrected chi connectivity index (χ3v) is 4.74. The standard InChI is InChI=1S/C20H24FNO3/c1-20(2,3)25-19(24)22-16-5-4-6-17(22)10-15(9-16)13-7-8-14(12-23)18(21)11-13/h7-9,11-12,16-17H,4-6,10H2,1-3H3. The van der Waals surface area contributed by atoms with Crippen LogP contribution >= 0.6 is 0 Å². The Hall–Kier alpha value is -2.17. The highest BCUT2D eigenvalue weighted by atomic mass is 19.1. The lowest BCUT2D eigenvalue weighted by atomic mass is 9.83. The van der Waals surface area contributed by atoms with E-state index in [4.69, 9.17) is 4.74 Å². The Balaban J connectivity index is 1.87. The highest BCUT2D eigenvalue weighted by Crippen LogP contribution is 2.38. The molecule has 134 valence electrons. The van der Waals surface area contributed by atoms with E-state index in [0.717, 1.165) is 30.4 Å². The van der Waals surface area contributed by atoms with Gasteiger partial charge in [-0.25, -0.2) is 9.18 Å². The van der Waals surface area contributed by atoms with Crippen LogP contribution < -0.4 is 0 Å². The summed E-state index contributed by atoms with van der Waals surface area (Å²) >= 11 is 0. The monoisotopic (exact) mass is 345 g/mol. The summed E-state index contributed by atoms with van der Waals surface area (Å²) in [5.74, 6) is -0.506. The molecule has 3 rings (SSSR count). The van der Waals surface area contributed by atoms with Crippen molar-refractivity contribution in [3.05, 3.63) is 41.2 Å². The molecule has 25 heavy (non-hydrogen) atoms. The van der Waals surface area contributed by atoms with Gasteiger partial charge >= 0.3 is 6.09 Å². The van der Waals surface area contributed by atoms with Crippen molar-refractivity contribution in [1.29, 1.82) is 0 Å². The Labute approximate surface area is 147 Å². The van der Waals surface area contributed by atoms with E-state index in [1.54, 1.807) is 6.07 Å². The molecule has 1 amide bonds. The van der Waals surface area contributed by atoms with E-state index in [-0.39, 0.29) is 23.7 Å². The van der Waals surface area contributed by atoms with Crippen molar-refractivity contribution in [2.45, 2.75) is 64.1 Å². The van der Waals surface area contributed by atoms with E-state index < -0.39 is 11.4 Å². The summed E-state index contributed by atoms with van der Waals surface area (Å²) in [5, 5.41) is 0. The number of hydrogen-bond donors (Lipinski definition) is 0. The van der Waals surface area contributed by atoms with Gasteiger partial charge in [0.05, 0.1) is 11.6 Å². The van der Waals surface area contributed by atoms with Crippen molar-refractivity contribution < 1.29 is 18.7 Å². The minimum Gasteiger partial charge on any atom is -0.444 e. The molecule has 0 aliphatic carbocycles. The predicted molar refractivity (Wildman–Crippen MR) is 93.9 cm³/mol. The zero-order valence-corrected chi connectivity index (χ0v) is 14.9. The number of fused-ring (bicyclic) bond motifs is 2. The van der Waals surface area contributed by atoms with Crippen LogP contribution in [0.1, 0.15) is 62.4 Å². The number of amides is 1. The van der Waals surface area contributed by atoms with Crippen LogP contribution in [0.15, 0.2) is 24.3 Å². The van der Waals surface area contributed by atoms with Gasteiger partial charge < -0.3 is 4.74 Å². The van der Waals surface area contributed by atoms with E-state index in [2.05, 4.69) is 6.08 Å². The summed E-state index contributed by atoms with van der Waals surface area (Å²) in [7, 11) is 0. The van der Waals surface area contributed by atoms with E-state index in [0.29, 0.717) is 12.7 Å². The van der Waals surface area contributed by atoms with Crippen molar-refractivity contribution in [1.82, 2.24) is 4.90 Å². The van der Waals surface area contributed by atoms with Gasteiger partial charge in [-0.2, -0.15) is 0 Å². The second-order valence-electron chi connectivity index (χ2n) is 7.79. The topological polar surface area (TPSA) is 46.6 Å². The summed E-state index contributed by atoms with van der Waals surface area (Å²) in [4.78, 5) is 25.2. The first-order chi connectivity index (χ1) is 11.8. The van der Waals surface area contributed by atoms with Crippen LogP contribution in [0.2, 0.25) is 0 Å². The number of ether oxygens (including phenoxy) is 1. The molecule has 2 unspecified atom stereocenters. The summed E-state index contributed by atoms with van der Waals surface area (Å²) in [6.45, 7) is 5.59. The Morgan fingerprint density at radius 3 is 2.68 bits per heavy atom. The molecule has 1 aromatic carbocycles. The summed E-state index contributed by atoms with van der Waals surface area (Å²) in [5.41, 5.74) is 1.36. The Morgan fingerprint density at radius 1 is 1.32 bits per heavy atom. The first kappa shape index (κ1) is 17.6. The number of benzene rings is 1. The van der Waals surface area contributed by atoms with E-state index in [1.807, 2.05) is 25.7 Å². The van der Waals surface area contributed by atoms with Crippen LogP contribution in [-0.4, -0.2) is 35.0 Å². The minimum atomic E-state index is -0.525. The lowest BCUT2D eigenvalue weighted by Gasteiger charge is -2.45. The lowest BCUT2D eigenvalue weighted by Crippen LogP contribution is -2.53. The second-order valence-corrected chi connectivity index (χ2v) is 7.79. The molecule has 5 heteroatoms. The molecule has 2 atom stereocenters. The molecule has 2 heterocycles. The van der Waals surface area contributed by atoms with Crippen LogP contribution in [0, 0.1) is 5.82 Å². The summed E-state index contributed by atoms with van der Waals surface area (Å²) < 4.78 is 19.5. The van der Waals surface area contributed by atoms with Gasteiger partial charge in [-0.1, -0.05) is 12.1 Å². The fraction of sp³-hybridized carbons (Fsp3) is 0.500. The SMILES string of the molecule is CC(C)(C)OC(=O)N1C2C=C(c3ccc(C=O)c(F)c3)CC1CCC2. The zero-order valence-electron chi connectivity index (χ0n) is 14.9. The van der Waals surface area contributed by atoms with Crippen molar-refractivity contribution >= 4 is 18.0 Å². The first-order valence-electron chi connectivity index (χ1n) is 8.75. The number of piperidine rings is 1. The first-order valence-corrected chi connectivity index (χ1v) is 8.75. The van der Waals surface area contributed by atoms with Gasteiger partial charge in [-0.3, -0.25) is 9.69 Å². The van der Waals surface area contributed by atoms with Gasteiger partial charge in [0.2, 0.25) is 0 Å². The number of aldehydes is 1. The molecule has 0 N–H and O–H groups in total. The predicted octanol–water partition coefficient (Wildman–Crippen LogP) is 4.58. The summed E-state index contributed by atoms with van der Waals surface area (Å²) in [6.07, 6.45) is 5.84. The highest BCUT2D eigenvalue weighted by molar-refractivity contribution is 5.78. The third kappa shape index (κ3) is 3.75. The van der Waals surface area contributed by atoms with Crippen LogP contribution in [0.25, 0.3) is 5.57 Å². The average Bonchev–Trinajstić information content (AvgIpc) is 2.51. The minimum absolute atomic E-state index is 0.0221. The Bertz CT molecular complexity index is 720. The largest absolute Gasteiger partial charge is 0.444 e. The summed E-state index contributed by atoms with van der Waals surface area (Å²) in [6, 6.07) is 4.74. The van der Waals surface area contributed by atoms with Crippen LogP contribution in [0.4, 0.5) is 9.18 Å². The molecule has 0 radical (unpaired) electrons. The number of carbonyl (C=O) groups is 2. The molecule has 2 aliphatic rings. The molecule has 4 nitrogen and oxygen atoms in total. The molecule has 0 spiro atoms. The van der Waals surface area contributed by atoms with Gasteiger partial charge in [0.15, 0.2) is 6.29 Å². The van der Waals surface area contributed by atoms with E-state index in [9.17, 15) is 14.0 Å². The van der Waals surface area contributed by atoms with Gasteiger partial charge in [-0.05, 0) is 69.7 Å². The van der Waals surface area contributed by atoms with Crippen molar-refractivity contribution in [2.75, 3.05) is 0 Å². The van der Waals surface area contributed by atoms with Crippen LogP contribution in [-0.2, 0) is 4.74 Å². The van der Waals surface area contributed by atoms with Crippen molar-refractivity contribution in [3.63, 3.8) is 0 Å². The molecular formula is C20H24FNO3. The average molecular weight is 345 g/mol. The molecule has 0 saturated carbocycles. The van der Waals surface area contributed by atoms with Crippen LogP contribution in [0.3, 0.4) is 0 Å². The van der Waals surface area contributed by atoms with Gasteiger partial charge in [-0.15, -0.1) is 0 Å². The zero-order chi connectivity index (χ0) is 18.2. The number of rotatable bonds is 2.